The van der Waals surface area contributed by atoms with Gasteiger partial charge in [-0.2, -0.15) is 0 Å². The van der Waals surface area contributed by atoms with E-state index in [4.69, 9.17) is 16.3 Å². The van der Waals surface area contributed by atoms with Crippen molar-refractivity contribution < 1.29 is 9.53 Å². The van der Waals surface area contributed by atoms with Crippen LogP contribution in [0.25, 0.3) is 0 Å². The Bertz CT molecular complexity index is 416. The van der Waals surface area contributed by atoms with Crippen LogP contribution in [0.5, 0.6) is 5.75 Å². The van der Waals surface area contributed by atoms with Crippen molar-refractivity contribution in [2.45, 2.75) is 51.2 Å². The van der Waals surface area contributed by atoms with Crippen LogP contribution in [0.1, 0.15) is 39.0 Å². The first-order valence-corrected chi connectivity index (χ1v) is 7.11. The Kier molecular flexibility index (Phi) is 5.02. The molecule has 1 aromatic heterocycles. The lowest BCUT2D eigenvalue weighted by Crippen LogP contribution is -2.43. The Morgan fingerprint density at radius 3 is 2.79 bits per heavy atom. The number of nitrogens with zero attached hydrogens (tertiary/aromatic N) is 1. The molecule has 0 bridgehead atoms. The van der Waals surface area contributed by atoms with Crippen LogP contribution in [0.3, 0.4) is 0 Å². The fourth-order valence-corrected chi connectivity index (χ4v) is 2.37. The maximum absolute atomic E-state index is 12.0. The molecule has 1 unspecified atom stereocenters. The van der Waals surface area contributed by atoms with E-state index >= 15 is 0 Å². The molecule has 1 N–H and O–H groups in total. The quantitative estimate of drug-likeness (QED) is 0.864. The van der Waals surface area contributed by atoms with Gasteiger partial charge in [0.15, 0.2) is 6.10 Å². The van der Waals surface area contributed by atoms with Crippen molar-refractivity contribution in [2.24, 2.45) is 0 Å². The highest BCUT2D eigenvalue weighted by molar-refractivity contribution is 6.29. The molecule has 2 rings (SSSR count). The maximum Gasteiger partial charge on any atom is 0.260 e. The summed E-state index contributed by atoms with van der Waals surface area (Å²) in [4.78, 5) is 15.9. The smallest absolute Gasteiger partial charge is 0.260 e. The summed E-state index contributed by atoms with van der Waals surface area (Å²) in [6, 6.07) is 3.65. The van der Waals surface area contributed by atoms with Crippen molar-refractivity contribution in [3.05, 3.63) is 23.5 Å². The molecule has 1 heterocycles. The van der Waals surface area contributed by atoms with Crippen molar-refractivity contribution in [1.82, 2.24) is 10.3 Å². The van der Waals surface area contributed by atoms with E-state index in [2.05, 4.69) is 10.3 Å². The molecule has 1 fully saturated rings. The van der Waals surface area contributed by atoms with Gasteiger partial charge in [-0.1, -0.05) is 30.9 Å². The van der Waals surface area contributed by atoms with Crippen LogP contribution in [-0.2, 0) is 4.79 Å². The monoisotopic (exact) mass is 282 g/mol. The Morgan fingerprint density at radius 1 is 1.42 bits per heavy atom. The fraction of sp³-hybridized carbons (Fsp3) is 0.571. The largest absolute Gasteiger partial charge is 0.479 e. The zero-order chi connectivity index (χ0) is 13.7. The SMILES string of the molecule is CC(Oc1ccc(Cl)nc1)C(=O)NC1CCCCC1. The molecule has 19 heavy (non-hydrogen) atoms. The van der Waals surface area contributed by atoms with Crippen LogP contribution < -0.4 is 10.1 Å². The highest BCUT2D eigenvalue weighted by Crippen LogP contribution is 2.18. The summed E-state index contributed by atoms with van der Waals surface area (Å²) >= 11 is 5.69. The third kappa shape index (κ3) is 4.39. The van der Waals surface area contributed by atoms with E-state index in [0.717, 1.165) is 12.8 Å². The van der Waals surface area contributed by atoms with Gasteiger partial charge in [0, 0.05) is 6.04 Å². The first-order chi connectivity index (χ1) is 9.15. The third-order valence-corrected chi connectivity index (χ3v) is 3.56. The molecule has 5 heteroatoms. The number of halogens is 1. The average Bonchev–Trinajstić information content (AvgIpc) is 2.42. The van der Waals surface area contributed by atoms with Crippen LogP contribution in [-0.4, -0.2) is 23.0 Å². The molecule has 1 aromatic rings. The van der Waals surface area contributed by atoms with Gasteiger partial charge >= 0.3 is 0 Å². The topological polar surface area (TPSA) is 51.2 Å². The van der Waals surface area contributed by atoms with Crippen molar-refractivity contribution >= 4 is 17.5 Å². The number of amides is 1. The van der Waals surface area contributed by atoms with Gasteiger partial charge in [0.25, 0.3) is 5.91 Å². The van der Waals surface area contributed by atoms with E-state index in [1.54, 1.807) is 19.1 Å². The summed E-state index contributed by atoms with van der Waals surface area (Å²) in [5, 5.41) is 3.45. The zero-order valence-electron chi connectivity index (χ0n) is 11.1. The van der Waals surface area contributed by atoms with Crippen molar-refractivity contribution in [3.8, 4) is 5.75 Å². The lowest BCUT2D eigenvalue weighted by Gasteiger charge is -2.24. The summed E-state index contributed by atoms with van der Waals surface area (Å²) in [6.07, 6.45) is 6.80. The third-order valence-electron chi connectivity index (χ3n) is 3.33. The standard InChI is InChI=1S/C14H19ClN2O2/c1-10(19-12-7-8-13(15)16-9-12)14(18)17-11-5-3-2-4-6-11/h7-11H,2-6H2,1H3,(H,17,18). The lowest BCUT2D eigenvalue weighted by atomic mass is 9.95. The Morgan fingerprint density at radius 2 is 2.16 bits per heavy atom. The molecule has 1 atom stereocenters. The van der Waals surface area contributed by atoms with Crippen LogP contribution >= 0.6 is 11.6 Å². The second kappa shape index (κ2) is 6.75. The summed E-state index contributed by atoms with van der Waals surface area (Å²) in [7, 11) is 0. The molecule has 1 aliphatic rings. The molecule has 1 saturated carbocycles. The molecule has 0 saturated heterocycles. The predicted octanol–water partition coefficient (Wildman–Crippen LogP) is 2.95. The molecule has 0 radical (unpaired) electrons. The number of aromatic nitrogens is 1. The van der Waals surface area contributed by atoms with Gasteiger partial charge in [0.2, 0.25) is 0 Å². The van der Waals surface area contributed by atoms with E-state index < -0.39 is 6.10 Å². The molecule has 4 nitrogen and oxygen atoms in total. The molecule has 1 amide bonds. The van der Waals surface area contributed by atoms with Crippen LogP contribution in [0.2, 0.25) is 5.15 Å². The van der Waals surface area contributed by atoms with Crippen LogP contribution in [0.15, 0.2) is 18.3 Å². The number of carbonyl (C=O) groups excluding carboxylic acids is 1. The number of ether oxygens (including phenoxy) is 1. The van der Waals surface area contributed by atoms with Gasteiger partial charge < -0.3 is 10.1 Å². The molecule has 0 aliphatic heterocycles. The van der Waals surface area contributed by atoms with Crippen LogP contribution in [0, 0.1) is 0 Å². The van der Waals surface area contributed by atoms with Gasteiger partial charge in [0.1, 0.15) is 10.9 Å². The summed E-state index contributed by atoms with van der Waals surface area (Å²) in [5.41, 5.74) is 0. The predicted molar refractivity (Wildman–Crippen MR) is 74.4 cm³/mol. The number of pyridine rings is 1. The zero-order valence-corrected chi connectivity index (χ0v) is 11.8. The Balaban J connectivity index is 1.83. The average molecular weight is 283 g/mol. The van der Waals surface area contributed by atoms with Gasteiger partial charge in [-0.15, -0.1) is 0 Å². The number of nitrogens with one attached hydrogen (secondary N) is 1. The summed E-state index contributed by atoms with van der Waals surface area (Å²) < 4.78 is 5.54. The highest BCUT2D eigenvalue weighted by Gasteiger charge is 2.20. The molecule has 0 aromatic carbocycles. The van der Waals surface area contributed by atoms with Gasteiger partial charge in [-0.3, -0.25) is 4.79 Å². The van der Waals surface area contributed by atoms with E-state index in [-0.39, 0.29) is 5.91 Å². The van der Waals surface area contributed by atoms with Crippen LogP contribution in [0.4, 0.5) is 0 Å². The normalized spacial score (nSPS) is 17.8. The summed E-state index contributed by atoms with van der Waals surface area (Å²) in [5.74, 6) is 0.484. The second-order valence-electron chi connectivity index (χ2n) is 4.92. The minimum absolute atomic E-state index is 0.0677. The molecule has 0 spiro atoms. The van der Waals surface area contributed by atoms with Crippen molar-refractivity contribution in [2.75, 3.05) is 0 Å². The molecule has 104 valence electrons. The number of carbonyl (C=O) groups is 1. The minimum Gasteiger partial charge on any atom is -0.479 e. The number of hydrogen-bond donors (Lipinski definition) is 1. The number of rotatable bonds is 4. The number of hydrogen-bond acceptors (Lipinski definition) is 3. The second-order valence-corrected chi connectivity index (χ2v) is 5.31. The van der Waals surface area contributed by atoms with Gasteiger partial charge in [-0.05, 0) is 31.9 Å². The first-order valence-electron chi connectivity index (χ1n) is 6.74. The van der Waals surface area contributed by atoms with E-state index in [1.807, 2.05) is 0 Å². The van der Waals surface area contributed by atoms with Crippen molar-refractivity contribution in [1.29, 1.82) is 0 Å². The molecular weight excluding hydrogens is 264 g/mol. The van der Waals surface area contributed by atoms with Gasteiger partial charge in [0.05, 0.1) is 6.20 Å². The van der Waals surface area contributed by atoms with E-state index in [1.165, 1.54) is 25.5 Å². The first kappa shape index (κ1) is 14.1. The fourth-order valence-electron chi connectivity index (χ4n) is 2.26. The molecular formula is C14H19ClN2O2. The van der Waals surface area contributed by atoms with E-state index in [9.17, 15) is 4.79 Å². The lowest BCUT2D eigenvalue weighted by molar-refractivity contribution is -0.128. The van der Waals surface area contributed by atoms with Crippen molar-refractivity contribution in [3.63, 3.8) is 0 Å². The highest BCUT2D eigenvalue weighted by atomic mass is 35.5. The maximum atomic E-state index is 12.0. The minimum atomic E-state index is -0.523. The molecule has 1 aliphatic carbocycles. The van der Waals surface area contributed by atoms with Gasteiger partial charge in [-0.25, -0.2) is 4.98 Å². The Labute approximate surface area is 118 Å². The summed E-state index contributed by atoms with van der Waals surface area (Å²) in [6.45, 7) is 1.74. The van der Waals surface area contributed by atoms with E-state index in [0.29, 0.717) is 16.9 Å². The Hall–Kier alpha value is -1.29.